The number of fused-ring (bicyclic) bond motifs is 1. The molecule has 0 N–H and O–H groups in total. The molecule has 0 unspecified atom stereocenters. The Kier molecular flexibility index (Phi) is 7.94. The van der Waals surface area contributed by atoms with Gasteiger partial charge in [0.05, 0.1) is 32.9 Å². The first-order chi connectivity index (χ1) is 20.2. The summed E-state index contributed by atoms with van der Waals surface area (Å²) in [6.07, 6.45) is 4.34. The Hall–Kier alpha value is -5.16. The van der Waals surface area contributed by atoms with Crippen LogP contribution < -0.4 is 4.74 Å². The number of hydrogen-bond donors (Lipinski definition) is 0. The second-order valence-corrected chi connectivity index (χ2v) is 10.0. The molecule has 11 nitrogen and oxygen atoms in total. The molecule has 0 aromatic heterocycles. The molecule has 1 saturated heterocycles. The highest BCUT2D eigenvalue weighted by molar-refractivity contribution is 6.34. The minimum Gasteiger partial charge on any atom is -0.423 e. The molecule has 0 radical (unpaired) electrons. The molecule has 12 heteroatoms. The zero-order chi connectivity index (χ0) is 30.0. The van der Waals surface area contributed by atoms with Gasteiger partial charge in [0.15, 0.2) is 5.78 Å². The average Bonchev–Trinajstić information content (AvgIpc) is 3.25. The Bertz CT molecular complexity index is 1610. The van der Waals surface area contributed by atoms with E-state index in [1.807, 2.05) is 12.2 Å². The maximum Gasteiger partial charge on any atom is 0.343 e. The Morgan fingerprint density at radius 3 is 2.02 bits per heavy atom. The lowest BCUT2D eigenvalue weighted by Crippen LogP contribution is -2.52. The van der Waals surface area contributed by atoms with Gasteiger partial charge in [0.1, 0.15) is 12.3 Å². The fourth-order valence-electron chi connectivity index (χ4n) is 4.85. The molecule has 0 saturated carbocycles. The van der Waals surface area contributed by atoms with Gasteiger partial charge in [-0.15, -0.1) is 0 Å². The number of nitro benzene ring substituents is 1. The van der Waals surface area contributed by atoms with Crippen molar-refractivity contribution in [1.82, 2.24) is 10.0 Å². The zero-order valence-electron chi connectivity index (χ0n) is 21.8. The number of ketones is 1. The quantitative estimate of drug-likeness (QED) is 0.0704. The van der Waals surface area contributed by atoms with Gasteiger partial charge in [-0.2, -0.15) is 5.01 Å². The van der Waals surface area contributed by atoms with Crippen LogP contribution in [0, 0.1) is 22.0 Å². The molecular weight excluding hydrogens is 566 g/mol. The van der Waals surface area contributed by atoms with Crippen LogP contribution in [0.1, 0.15) is 43.9 Å². The summed E-state index contributed by atoms with van der Waals surface area (Å²) in [5.74, 6) is -4.39. The number of ether oxygens (including phenoxy) is 1. The summed E-state index contributed by atoms with van der Waals surface area (Å²) in [7, 11) is 0. The van der Waals surface area contributed by atoms with Crippen LogP contribution in [-0.4, -0.2) is 51.0 Å². The standard InChI is InChI=1S/C30H22ClN3O8/c31-25-8-4-3-7-24(25)27(36)32(33-28(37)22-5-1-2-6-23(22)29(33)38)17-26(35)18-11-15-21(16-12-18)42-30(39)19-9-13-20(14-10-19)34(40)41/h1-4,7-16,22-23H,5-6,17H2/t22-,23-/m1/s1. The molecular formula is C30H22ClN3O8. The number of amides is 3. The van der Waals surface area contributed by atoms with Crippen LogP contribution in [0.25, 0.3) is 0 Å². The second-order valence-electron chi connectivity index (χ2n) is 9.63. The summed E-state index contributed by atoms with van der Waals surface area (Å²) >= 11 is 6.24. The maximum atomic E-state index is 13.6. The van der Waals surface area contributed by atoms with Crippen molar-refractivity contribution in [2.24, 2.45) is 11.8 Å². The zero-order valence-corrected chi connectivity index (χ0v) is 22.6. The molecule has 2 atom stereocenters. The fourth-order valence-corrected chi connectivity index (χ4v) is 5.07. The Morgan fingerprint density at radius 1 is 0.881 bits per heavy atom. The van der Waals surface area contributed by atoms with Gasteiger partial charge in [-0.25, -0.2) is 9.80 Å². The molecule has 1 aliphatic heterocycles. The summed E-state index contributed by atoms with van der Waals surface area (Å²) in [6, 6.07) is 16.5. The number of carbonyl (C=O) groups excluding carboxylic acids is 5. The van der Waals surface area contributed by atoms with Gasteiger partial charge in [0.25, 0.3) is 23.4 Å². The number of allylic oxidation sites excluding steroid dienone is 2. The molecule has 0 bridgehead atoms. The molecule has 3 aromatic rings. The monoisotopic (exact) mass is 587 g/mol. The number of rotatable bonds is 8. The van der Waals surface area contributed by atoms with Crippen molar-refractivity contribution < 1.29 is 33.6 Å². The van der Waals surface area contributed by atoms with E-state index in [4.69, 9.17) is 16.3 Å². The minimum absolute atomic E-state index is 0.0223. The van der Waals surface area contributed by atoms with Gasteiger partial charge < -0.3 is 4.74 Å². The Balaban J connectivity index is 1.35. The predicted molar refractivity (Wildman–Crippen MR) is 149 cm³/mol. The summed E-state index contributed by atoms with van der Waals surface area (Å²) in [4.78, 5) is 76.2. The van der Waals surface area contributed by atoms with Crippen LogP contribution in [0.4, 0.5) is 5.69 Å². The molecule has 5 rings (SSSR count). The second kappa shape index (κ2) is 11.8. The van der Waals surface area contributed by atoms with Crippen LogP contribution in [0.3, 0.4) is 0 Å². The third-order valence-electron chi connectivity index (χ3n) is 7.06. The molecule has 212 valence electrons. The van der Waals surface area contributed by atoms with Crippen molar-refractivity contribution in [3.63, 3.8) is 0 Å². The van der Waals surface area contributed by atoms with Gasteiger partial charge in [-0.1, -0.05) is 35.9 Å². The van der Waals surface area contributed by atoms with Crippen LogP contribution in [0.2, 0.25) is 5.02 Å². The van der Waals surface area contributed by atoms with Crippen LogP contribution in [0.15, 0.2) is 84.9 Å². The van der Waals surface area contributed by atoms with Gasteiger partial charge in [-0.05, 0) is 61.4 Å². The van der Waals surface area contributed by atoms with Crippen LogP contribution in [0.5, 0.6) is 5.75 Å². The topological polar surface area (TPSA) is 144 Å². The molecule has 1 aliphatic carbocycles. The van der Waals surface area contributed by atoms with Crippen molar-refractivity contribution in [2.75, 3.05) is 6.54 Å². The number of imide groups is 1. The SMILES string of the molecule is O=C(CN(C(=O)c1ccccc1Cl)N1C(=O)[C@@H]2CC=CC[C@H]2C1=O)c1ccc(OC(=O)c2ccc([N+](=O)[O-])cc2)cc1. The predicted octanol–water partition coefficient (Wildman–Crippen LogP) is 4.66. The fraction of sp³-hybridized carbons (Fsp3) is 0.167. The third kappa shape index (κ3) is 5.54. The highest BCUT2D eigenvalue weighted by Gasteiger charge is 2.51. The number of Topliss-reactive ketones (excluding diaryl/α,β-unsaturated/α-hetero) is 1. The number of benzene rings is 3. The van der Waals surface area contributed by atoms with Crippen molar-refractivity contribution in [2.45, 2.75) is 12.8 Å². The van der Waals surface area contributed by atoms with Gasteiger partial charge in [-0.3, -0.25) is 29.3 Å². The van der Waals surface area contributed by atoms with Crippen molar-refractivity contribution in [3.8, 4) is 5.75 Å². The highest BCUT2D eigenvalue weighted by atomic mass is 35.5. The number of hydrogen-bond acceptors (Lipinski definition) is 8. The lowest BCUT2D eigenvalue weighted by molar-refractivity contribution is -0.384. The third-order valence-corrected chi connectivity index (χ3v) is 7.39. The number of esters is 1. The minimum atomic E-state index is -0.782. The van der Waals surface area contributed by atoms with Crippen LogP contribution in [-0.2, 0) is 9.59 Å². The van der Waals surface area contributed by atoms with E-state index in [9.17, 15) is 34.1 Å². The number of carbonyl (C=O) groups is 5. The summed E-state index contributed by atoms with van der Waals surface area (Å²) in [5.41, 5.74) is 0.0590. The first-order valence-corrected chi connectivity index (χ1v) is 13.2. The maximum absolute atomic E-state index is 13.6. The van der Waals surface area contributed by atoms with Crippen molar-refractivity contribution >= 4 is 46.8 Å². The Labute approximate surface area is 244 Å². The number of nitrogens with zero attached hydrogens (tertiary/aromatic N) is 3. The van der Waals surface area contributed by atoms with Crippen LogP contribution >= 0.6 is 11.6 Å². The Morgan fingerprint density at radius 2 is 1.45 bits per heavy atom. The lowest BCUT2D eigenvalue weighted by atomic mass is 9.85. The first-order valence-electron chi connectivity index (χ1n) is 12.8. The molecule has 42 heavy (non-hydrogen) atoms. The molecule has 1 heterocycles. The largest absolute Gasteiger partial charge is 0.423 e. The molecule has 3 amide bonds. The van der Waals surface area contributed by atoms with Crippen molar-refractivity contribution in [1.29, 1.82) is 0 Å². The van der Waals surface area contributed by atoms with Gasteiger partial charge in [0, 0.05) is 17.7 Å². The smallest absolute Gasteiger partial charge is 0.343 e. The van der Waals surface area contributed by atoms with E-state index in [-0.39, 0.29) is 33.1 Å². The van der Waals surface area contributed by atoms with E-state index in [1.54, 1.807) is 12.1 Å². The molecule has 1 fully saturated rings. The van der Waals surface area contributed by atoms with Gasteiger partial charge >= 0.3 is 5.97 Å². The molecule has 0 spiro atoms. The van der Waals surface area contributed by atoms with E-state index >= 15 is 0 Å². The summed E-state index contributed by atoms with van der Waals surface area (Å²) < 4.78 is 5.29. The lowest BCUT2D eigenvalue weighted by Gasteiger charge is -2.30. The van der Waals surface area contributed by atoms with E-state index in [0.29, 0.717) is 12.8 Å². The normalized spacial score (nSPS) is 17.5. The molecule has 3 aromatic carbocycles. The van der Waals surface area contributed by atoms with E-state index in [1.165, 1.54) is 60.7 Å². The summed E-state index contributed by atoms with van der Waals surface area (Å²) in [5, 5.41) is 12.5. The number of hydrazine groups is 1. The average molecular weight is 588 g/mol. The summed E-state index contributed by atoms with van der Waals surface area (Å²) in [6.45, 7) is -0.629. The molecule has 2 aliphatic rings. The number of non-ortho nitro benzene ring substituents is 1. The first kappa shape index (κ1) is 28.4. The number of nitro groups is 1. The van der Waals surface area contributed by atoms with Crippen molar-refractivity contribution in [3.05, 3.63) is 117 Å². The van der Waals surface area contributed by atoms with E-state index in [2.05, 4.69) is 0 Å². The van der Waals surface area contributed by atoms with E-state index in [0.717, 1.165) is 10.0 Å². The van der Waals surface area contributed by atoms with E-state index < -0.39 is 52.8 Å². The number of halogens is 1. The highest BCUT2D eigenvalue weighted by Crippen LogP contribution is 2.36. The van der Waals surface area contributed by atoms with Gasteiger partial charge in [0.2, 0.25) is 0 Å².